The SMILES string of the molecule is CC[C@@H](Oc1ccc(S(=O)(=O)c2ccc(OCc3ccccc3)cc2)cc1)C(=O)Nc1ccc(Cl)c([N+](=O)[O-])c1. The van der Waals surface area contributed by atoms with Crippen LogP contribution in [0.1, 0.15) is 18.9 Å². The van der Waals surface area contributed by atoms with Crippen LogP contribution in [-0.4, -0.2) is 25.4 Å². The lowest BCUT2D eigenvalue weighted by Crippen LogP contribution is -2.32. The molecule has 4 aromatic rings. The summed E-state index contributed by atoms with van der Waals surface area (Å²) < 4.78 is 37.7. The molecule has 1 N–H and O–H groups in total. The monoisotopic (exact) mass is 580 g/mol. The Balaban J connectivity index is 1.39. The van der Waals surface area contributed by atoms with Gasteiger partial charge in [-0.05, 0) is 72.6 Å². The number of amides is 1. The van der Waals surface area contributed by atoms with E-state index < -0.39 is 26.8 Å². The Morgan fingerprint density at radius 3 is 2.10 bits per heavy atom. The summed E-state index contributed by atoms with van der Waals surface area (Å²) in [6.07, 6.45) is -0.638. The van der Waals surface area contributed by atoms with Crippen molar-refractivity contribution in [3.63, 3.8) is 0 Å². The van der Waals surface area contributed by atoms with Crippen molar-refractivity contribution in [1.29, 1.82) is 0 Å². The average molecular weight is 581 g/mol. The Hall–Kier alpha value is -4.41. The van der Waals surface area contributed by atoms with Crippen molar-refractivity contribution in [3.8, 4) is 11.5 Å². The Morgan fingerprint density at radius 2 is 1.52 bits per heavy atom. The van der Waals surface area contributed by atoms with E-state index in [2.05, 4.69) is 5.32 Å². The fraction of sp³-hybridized carbons (Fsp3) is 0.138. The molecule has 0 aliphatic carbocycles. The number of rotatable bonds is 11. The number of nitro benzene ring substituents is 1. The Bertz CT molecular complexity index is 1590. The molecule has 0 fully saturated rings. The van der Waals surface area contributed by atoms with Gasteiger partial charge >= 0.3 is 0 Å². The summed E-state index contributed by atoms with van der Waals surface area (Å²) in [6, 6.07) is 25.5. The van der Waals surface area contributed by atoms with Crippen LogP contribution in [0.5, 0.6) is 11.5 Å². The Morgan fingerprint density at radius 1 is 0.925 bits per heavy atom. The van der Waals surface area contributed by atoms with Crippen molar-refractivity contribution in [2.45, 2.75) is 35.8 Å². The van der Waals surface area contributed by atoms with Gasteiger partial charge in [0.25, 0.3) is 11.6 Å². The molecule has 1 atom stereocenters. The standard InChI is InChI=1S/C29H25ClN2O7S/c1-2-28(29(33)31-21-8-17-26(30)27(18-21)32(34)35)39-23-11-15-25(16-12-23)40(36,37)24-13-9-22(10-14-24)38-19-20-6-4-3-5-7-20/h3-18,28H,2,19H2,1H3,(H,31,33)/t28-/m1/s1. The predicted octanol–water partition coefficient (Wildman–Crippen LogP) is 6.46. The number of sulfone groups is 1. The quantitative estimate of drug-likeness (QED) is 0.159. The molecule has 4 rings (SSSR count). The zero-order chi connectivity index (χ0) is 28.7. The van der Waals surface area contributed by atoms with E-state index in [1.54, 1.807) is 19.1 Å². The average Bonchev–Trinajstić information content (AvgIpc) is 2.96. The first-order valence-electron chi connectivity index (χ1n) is 12.2. The van der Waals surface area contributed by atoms with Gasteiger partial charge in [0.15, 0.2) is 6.10 Å². The van der Waals surface area contributed by atoms with Gasteiger partial charge in [0, 0.05) is 11.8 Å². The molecule has 0 spiro atoms. The largest absolute Gasteiger partial charge is 0.489 e. The highest BCUT2D eigenvalue weighted by Gasteiger charge is 2.22. The van der Waals surface area contributed by atoms with Gasteiger partial charge in [-0.2, -0.15) is 0 Å². The van der Waals surface area contributed by atoms with E-state index in [1.807, 2.05) is 30.3 Å². The molecule has 206 valence electrons. The first-order valence-corrected chi connectivity index (χ1v) is 14.1. The zero-order valence-corrected chi connectivity index (χ0v) is 22.9. The fourth-order valence-corrected chi connectivity index (χ4v) is 5.18. The molecule has 0 saturated carbocycles. The Labute approximate surface area is 236 Å². The highest BCUT2D eigenvalue weighted by atomic mass is 35.5. The van der Waals surface area contributed by atoms with E-state index in [4.69, 9.17) is 21.1 Å². The highest BCUT2D eigenvalue weighted by Crippen LogP contribution is 2.28. The van der Waals surface area contributed by atoms with E-state index in [0.717, 1.165) is 11.6 Å². The van der Waals surface area contributed by atoms with Crippen molar-refractivity contribution < 1.29 is 27.6 Å². The van der Waals surface area contributed by atoms with Gasteiger partial charge in [-0.1, -0.05) is 48.9 Å². The molecule has 0 unspecified atom stereocenters. The lowest BCUT2D eigenvalue weighted by atomic mass is 10.2. The number of nitrogens with zero attached hydrogens (tertiary/aromatic N) is 1. The molecular formula is C29H25ClN2O7S. The number of nitrogens with one attached hydrogen (secondary N) is 1. The molecule has 11 heteroatoms. The van der Waals surface area contributed by atoms with Gasteiger partial charge in [-0.15, -0.1) is 0 Å². The van der Waals surface area contributed by atoms with Crippen molar-refractivity contribution in [3.05, 3.63) is 118 Å². The summed E-state index contributed by atoms with van der Waals surface area (Å²) in [5, 5.41) is 13.6. The molecule has 0 aliphatic heterocycles. The van der Waals surface area contributed by atoms with Gasteiger partial charge in [0.2, 0.25) is 9.84 Å². The summed E-state index contributed by atoms with van der Waals surface area (Å²) >= 11 is 5.82. The van der Waals surface area contributed by atoms with Crippen LogP contribution in [0.15, 0.2) is 107 Å². The smallest absolute Gasteiger partial charge is 0.289 e. The van der Waals surface area contributed by atoms with Crippen LogP contribution in [0.2, 0.25) is 5.02 Å². The fourth-order valence-electron chi connectivity index (χ4n) is 3.73. The highest BCUT2D eigenvalue weighted by molar-refractivity contribution is 7.91. The van der Waals surface area contributed by atoms with Crippen molar-refractivity contribution >= 4 is 38.7 Å². The molecule has 0 heterocycles. The molecule has 0 bridgehead atoms. The summed E-state index contributed by atoms with van der Waals surface area (Å²) in [4.78, 5) is 23.4. The molecule has 4 aromatic carbocycles. The first kappa shape index (κ1) is 28.6. The van der Waals surface area contributed by atoms with Crippen LogP contribution in [-0.2, 0) is 21.2 Å². The minimum absolute atomic E-state index is 0.0475. The maximum absolute atomic E-state index is 13.1. The molecule has 0 radical (unpaired) electrons. The predicted molar refractivity (Wildman–Crippen MR) is 151 cm³/mol. The van der Waals surface area contributed by atoms with Crippen LogP contribution < -0.4 is 14.8 Å². The first-order chi connectivity index (χ1) is 19.2. The maximum Gasteiger partial charge on any atom is 0.289 e. The molecule has 1 amide bonds. The van der Waals surface area contributed by atoms with Gasteiger partial charge in [-0.3, -0.25) is 14.9 Å². The number of carbonyl (C=O) groups is 1. The third kappa shape index (κ3) is 6.96. The number of nitro groups is 1. The number of carbonyl (C=O) groups excluding carboxylic acids is 1. The number of halogens is 1. The number of ether oxygens (including phenoxy) is 2. The minimum Gasteiger partial charge on any atom is -0.489 e. The zero-order valence-electron chi connectivity index (χ0n) is 21.3. The normalized spacial score (nSPS) is 11.8. The third-order valence-corrected chi connectivity index (χ3v) is 7.97. The molecule has 0 aliphatic rings. The maximum atomic E-state index is 13.1. The molecular weight excluding hydrogens is 556 g/mol. The number of hydrogen-bond acceptors (Lipinski definition) is 7. The molecule has 0 aromatic heterocycles. The summed E-state index contributed by atoms with van der Waals surface area (Å²) in [6.45, 7) is 2.10. The van der Waals surface area contributed by atoms with Crippen LogP contribution in [0.3, 0.4) is 0 Å². The molecule has 0 saturated heterocycles. The summed E-state index contributed by atoms with van der Waals surface area (Å²) in [5.41, 5.74) is 0.860. The van der Waals surface area contributed by atoms with Crippen LogP contribution in [0, 0.1) is 10.1 Å². The summed E-state index contributed by atoms with van der Waals surface area (Å²) in [5.74, 6) is 0.307. The lowest BCUT2D eigenvalue weighted by Gasteiger charge is -2.17. The number of anilines is 1. The van der Waals surface area contributed by atoms with Crippen LogP contribution in [0.4, 0.5) is 11.4 Å². The van der Waals surface area contributed by atoms with Crippen LogP contribution >= 0.6 is 11.6 Å². The second-order valence-corrected chi connectivity index (χ2v) is 11.0. The van der Waals surface area contributed by atoms with Crippen molar-refractivity contribution in [2.75, 3.05) is 5.32 Å². The third-order valence-electron chi connectivity index (χ3n) is 5.87. The second kappa shape index (κ2) is 12.6. The van der Waals surface area contributed by atoms with Gasteiger partial charge in [-0.25, -0.2) is 8.42 Å². The number of benzene rings is 4. The van der Waals surface area contributed by atoms with E-state index in [9.17, 15) is 23.3 Å². The van der Waals surface area contributed by atoms with E-state index in [-0.39, 0.29) is 31.9 Å². The van der Waals surface area contributed by atoms with E-state index in [0.29, 0.717) is 18.8 Å². The topological polar surface area (TPSA) is 125 Å². The van der Waals surface area contributed by atoms with Crippen molar-refractivity contribution in [1.82, 2.24) is 0 Å². The molecule has 9 nitrogen and oxygen atoms in total. The van der Waals surface area contributed by atoms with Crippen molar-refractivity contribution in [2.24, 2.45) is 0 Å². The summed E-state index contributed by atoms with van der Waals surface area (Å²) in [7, 11) is -3.80. The van der Waals surface area contributed by atoms with E-state index in [1.165, 1.54) is 48.5 Å². The minimum atomic E-state index is -3.80. The van der Waals surface area contributed by atoms with Gasteiger partial charge in [0.05, 0.1) is 14.7 Å². The number of hydrogen-bond donors (Lipinski definition) is 1. The Kier molecular flexibility index (Phi) is 9.03. The lowest BCUT2D eigenvalue weighted by molar-refractivity contribution is -0.384. The second-order valence-electron chi connectivity index (χ2n) is 8.65. The van der Waals surface area contributed by atoms with Crippen LogP contribution in [0.25, 0.3) is 0 Å². The van der Waals surface area contributed by atoms with E-state index >= 15 is 0 Å². The van der Waals surface area contributed by atoms with Gasteiger partial charge in [0.1, 0.15) is 23.1 Å². The molecule has 40 heavy (non-hydrogen) atoms. The van der Waals surface area contributed by atoms with Gasteiger partial charge < -0.3 is 14.8 Å².